The summed E-state index contributed by atoms with van der Waals surface area (Å²) in [5.41, 5.74) is 8.20. The molecule has 0 atom stereocenters. The second-order valence-electron chi connectivity index (χ2n) is 4.06. The Bertz CT molecular complexity index is 543. The molecule has 2 rings (SSSR count). The van der Waals surface area contributed by atoms with E-state index in [2.05, 4.69) is 4.98 Å². The van der Waals surface area contributed by atoms with Crippen LogP contribution >= 0.6 is 0 Å². The number of pyridine rings is 1. The maximum Gasteiger partial charge on any atom is 0.126 e. The Morgan fingerprint density at radius 2 is 2.11 bits per heavy atom. The van der Waals surface area contributed by atoms with Gasteiger partial charge in [0.1, 0.15) is 18.2 Å². The molecule has 1 aromatic heterocycles. The zero-order valence-corrected chi connectivity index (χ0v) is 10.2. The number of halogens is 1. The smallest absolute Gasteiger partial charge is 0.126 e. The molecule has 0 aliphatic carbocycles. The summed E-state index contributed by atoms with van der Waals surface area (Å²) in [6.07, 6.45) is 1.69. The summed E-state index contributed by atoms with van der Waals surface area (Å²) in [6.45, 7) is 2.65. The third-order valence-electron chi connectivity index (χ3n) is 2.63. The number of hydrogen-bond acceptors (Lipinski definition) is 3. The minimum absolute atomic E-state index is 0.298. The first-order valence-electron chi connectivity index (χ1n) is 5.72. The predicted octanol–water partition coefficient (Wildman–Crippen LogP) is 2.57. The van der Waals surface area contributed by atoms with E-state index in [0.717, 1.165) is 16.8 Å². The maximum absolute atomic E-state index is 13.1. The van der Waals surface area contributed by atoms with Gasteiger partial charge in [-0.05, 0) is 36.2 Å². The van der Waals surface area contributed by atoms with Gasteiger partial charge in [0.25, 0.3) is 0 Å². The van der Waals surface area contributed by atoms with Gasteiger partial charge in [0.2, 0.25) is 0 Å². The number of ether oxygens (including phenoxy) is 1. The lowest BCUT2D eigenvalue weighted by Gasteiger charge is -2.09. The summed E-state index contributed by atoms with van der Waals surface area (Å²) in [6, 6.07) is 8.24. The molecule has 0 spiro atoms. The van der Waals surface area contributed by atoms with Gasteiger partial charge in [-0.15, -0.1) is 0 Å². The van der Waals surface area contributed by atoms with Gasteiger partial charge in [-0.3, -0.25) is 4.98 Å². The van der Waals surface area contributed by atoms with Crippen LogP contribution in [0.25, 0.3) is 0 Å². The zero-order valence-electron chi connectivity index (χ0n) is 10.2. The van der Waals surface area contributed by atoms with Crippen molar-refractivity contribution in [3.63, 3.8) is 0 Å². The highest BCUT2D eigenvalue weighted by molar-refractivity contribution is 5.33. The van der Waals surface area contributed by atoms with Gasteiger partial charge in [-0.2, -0.15) is 0 Å². The van der Waals surface area contributed by atoms with Crippen molar-refractivity contribution in [3.05, 3.63) is 59.2 Å². The van der Waals surface area contributed by atoms with Gasteiger partial charge in [0.05, 0.1) is 5.69 Å². The fourth-order valence-corrected chi connectivity index (χ4v) is 1.62. The minimum atomic E-state index is -0.298. The fraction of sp³-hybridized carbons (Fsp3) is 0.214. The third kappa shape index (κ3) is 3.05. The summed E-state index contributed by atoms with van der Waals surface area (Å²) in [5.74, 6) is 0.258. The van der Waals surface area contributed by atoms with Crippen LogP contribution in [0.2, 0.25) is 0 Å². The van der Waals surface area contributed by atoms with E-state index < -0.39 is 0 Å². The molecule has 4 heteroatoms. The maximum atomic E-state index is 13.1. The van der Waals surface area contributed by atoms with Crippen LogP contribution in [-0.2, 0) is 13.2 Å². The van der Waals surface area contributed by atoms with Gasteiger partial charge in [0, 0.05) is 18.8 Å². The van der Waals surface area contributed by atoms with Crippen LogP contribution in [0.5, 0.6) is 5.75 Å². The highest BCUT2D eigenvalue weighted by atomic mass is 19.1. The van der Waals surface area contributed by atoms with Crippen LogP contribution in [0.1, 0.15) is 16.8 Å². The molecule has 0 amide bonds. The number of hydrogen-bond donors (Lipinski definition) is 1. The van der Waals surface area contributed by atoms with E-state index >= 15 is 0 Å². The van der Waals surface area contributed by atoms with E-state index in [1.54, 1.807) is 12.3 Å². The van der Waals surface area contributed by atoms with Crippen molar-refractivity contribution >= 4 is 0 Å². The molecule has 0 aliphatic heterocycles. The molecular weight excluding hydrogens is 231 g/mol. The third-order valence-corrected chi connectivity index (χ3v) is 2.63. The Hall–Kier alpha value is -1.94. The minimum Gasteiger partial charge on any atom is -0.489 e. The van der Waals surface area contributed by atoms with Crippen LogP contribution in [0.3, 0.4) is 0 Å². The van der Waals surface area contributed by atoms with Crippen LogP contribution in [0, 0.1) is 12.7 Å². The summed E-state index contributed by atoms with van der Waals surface area (Å²) in [5, 5.41) is 0. The predicted molar refractivity (Wildman–Crippen MR) is 67.6 cm³/mol. The number of aryl methyl sites for hydroxylation is 1. The number of nitrogens with two attached hydrogens (primary N) is 1. The largest absolute Gasteiger partial charge is 0.489 e. The monoisotopic (exact) mass is 246 g/mol. The van der Waals surface area contributed by atoms with Gasteiger partial charge in [-0.25, -0.2) is 4.39 Å². The first-order valence-corrected chi connectivity index (χ1v) is 5.72. The lowest BCUT2D eigenvalue weighted by Crippen LogP contribution is -2.02. The second-order valence-corrected chi connectivity index (χ2v) is 4.06. The second kappa shape index (κ2) is 5.60. The van der Waals surface area contributed by atoms with Crippen molar-refractivity contribution < 1.29 is 9.13 Å². The van der Waals surface area contributed by atoms with Crippen LogP contribution in [0.4, 0.5) is 4.39 Å². The van der Waals surface area contributed by atoms with Gasteiger partial charge in [0.15, 0.2) is 0 Å². The molecule has 1 heterocycles. The zero-order chi connectivity index (χ0) is 13.0. The molecule has 0 bridgehead atoms. The molecule has 2 N–H and O–H groups in total. The standard InChI is InChI=1S/C14H15FN2O/c1-10-2-3-12(15)7-14(10)18-9-11-4-5-17-13(6-11)8-16/h2-7H,8-9,16H2,1H3. The molecule has 0 unspecified atom stereocenters. The average Bonchev–Trinajstić information content (AvgIpc) is 2.40. The van der Waals surface area contributed by atoms with Gasteiger partial charge >= 0.3 is 0 Å². The Balaban J connectivity index is 2.08. The van der Waals surface area contributed by atoms with E-state index in [-0.39, 0.29) is 5.82 Å². The Morgan fingerprint density at radius 3 is 2.89 bits per heavy atom. The van der Waals surface area contributed by atoms with Gasteiger partial charge in [-0.1, -0.05) is 6.07 Å². The normalized spacial score (nSPS) is 10.4. The number of nitrogens with zero attached hydrogens (tertiary/aromatic N) is 1. The number of benzene rings is 1. The lowest BCUT2D eigenvalue weighted by molar-refractivity contribution is 0.302. The van der Waals surface area contributed by atoms with E-state index in [9.17, 15) is 4.39 Å². The first kappa shape index (κ1) is 12.5. The first-order chi connectivity index (χ1) is 8.69. The summed E-state index contributed by atoms with van der Waals surface area (Å²) >= 11 is 0. The van der Waals surface area contributed by atoms with Crippen molar-refractivity contribution in [2.45, 2.75) is 20.1 Å². The summed E-state index contributed by atoms with van der Waals surface area (Å²) in [7, 11) is 0. The summed E-state index contributed by atoms with van der Waals surface area (Å²) < 4.78 is 18.7. The molecule has 0 aliphatic rings. The average molecular weight is 246 g/mol. The van der Waals surface area contributed by atoms with Crippen molar-refractivity contribution in [1.29, 1.82) is 0 Å². The Labute approximate surface area is 105 Å². The van der Waals surface area contributed by atoms with Crippen molar-refractivity contribution in [1.82, 2.24) is 4.98 Å². The van der Waals surface area contributed by atoms with Crippen LogP contribution in [0.15, 0.2) is 36.5 Å². The molecule has 1 aromatic carbocycles. The van der Waals surface area contributed by atoms with Crippen LogP contribution < -0.4 is 10.5 Å². The SMILES string of the molecule is Cc1ccc(F)cc1OCc1ccnc(CN)c1. The summed E-state index contributed by atoms with van der Waals surface area (Å²) in [4.78, 5) is 4.10. The molecule has 0 radical (unpaired) electrons. The highest BCUT2D eigenvalue weighted by Gasteiger charge is 2.03. The van der Waals surface area contributed by atoms with Crippen LogP contribution in [-0.4, -0.2) is 4.98 Å². The topological polar surface area (TPSA) is 48.1 Å². The Morgan fingerprint density at radius 1 is 1.28 bits per heavy atom. The van der Waals surface area contributed by atoms with Crippen molar-refractivity contribution in [2.75, 3.05) is 0 Å². The van der Waals surface area contributed by atoms with Crippen molar-refractivity contribution in [3.8, 4) is 5.75 Å². The van der Waals surface area contributed by atoms with E-state index in [4.69, 9.17) is 10.5 Å². The molecule has 94 valence electrons. The van der Waals surface area contributed by atoms with E-state index in [1.807, 2.05) is 19.1 Å². The van der Waals surface area contributed by atoms with E-state index in [1.165, 1.54) is 12.1 Å². The number of rotatable bonds is 4. The number of aromatic nitrogens is 1. The molecule has 18 heavy (non-hydrogen) atoms. The molecule has 0 fully saturated rings. The molecule has 0 saturated carbocycles. The molecule has 2 aromatic rings. The van der Waals surface area contributed by atoms with Crippen molar-refractivity contribution in [2.24, 2.45) is 5.73 Å². The highest BCUT2D eigenvalue weighted by Crippen LogP contribution is 2.20. The fourth-order valence-electron chi connectivity index (χ4n) is 1.62. The lowest BCUT2D eigenvalue weighted by atomic mass is 10.2. The van der Waals surface area contributed by atoms with Gasteiger partial charge < -0.3 is 10.5 Å². The Kier molecular flexibility index (Phi) is 3.89. The quantitative estimate of drug-likeness (QED) is 0.902. The van der Waals surface area contributed by atoms with E-state index in [0.29, 0.717) is 18.9 Å². The molecule has 0 saturated heterocycles. The molecular formula is C14H15FN2O. The molecule has 3 nitrogen and oxygen atoms in total.